The first-order chi connectivity index (χ1) is 9.97. The van der Waals surface area contributed by atoms with E-state index in [1.165, 1.54) is 5.56 Å². The normalized spacial score (nSPS) is 11.5. The molecule has 5 heteroatoms. The molecule has 0 unspecified atom stereocenters. The van der Waals surface area contributed by atoms with Crippen LogP contribution in [-0.2, 0) is 6.42 Å². The van der Waals surface area contributed by atoms with Crippen LogP contribution in [0.2, 0.25) is 0 Å². The number of rotatable bonds is 8. The average Bonchev–Trinajstić information content (AvgIpc) is 2.39. The van der Waals surface area contributed by atoms with Crippen molar-refractivity contribution in [2.45, 2.75) is 46.6 Å². The van der Waals surface area contributed by atoms with E-state index in [0.29, 0.717) is 11.9 Å². The SMILES string of the molecule is CC(C)CCN=C(N)NCCc1ccc(OC(C)C)cc1.I. The Kier molecular flexibility index (Phi) is 11.1. The number of hydrogen-bond donors (Lipinski definition) is 2. The number of nitrogens with zero attached hydrogens (tertiary/aromatic N) is 1. The molecule has 0 saturated carbocycles. The fourth-order valence-corrected chi connectivity index (χ4v) is 1.84. The molecule has 1 aromatic rings. The van der Waals surface area contributed by atoms with E-state index in [1.807, 2.05) is 26.0 Å². The van der Waals surface area contributed by atoms with E-state index in [9.17, 15) is 0 Å². The van der Waals surface area contributed by atoms with Crippen LogP contribution in [0.4, 0.5) is 0 Å². The van der Waals surface area contributed by atoms with Crippen molar-refractivity contribution in [3.05, 3.63) is 29.8 Å². The highest BCUT2D eigenvalue weighted by Crippen LogP contribution is 2.13. The van der Waals surface area contributed by atoms with Crippen LogP contribution in [-0.4, -0.2) is 25.2 Å². The molecule has 0 fully saturated rings. The number of ether oxygens (including phenoxy) is 1. The van der Waals surface area contributed by atoms with Crippen LogP contribution >= 0.6 is 24.0 Å². The van der Waals surface area contributed by atoms with Gasteiger partial charge in [-0.05, 0) is 50.3 Å². The highest BCUT2D eigenvalue weighted by Gasteiger charge is 1.99. The summed E-state index contributed by atoms with van der Waals surface area (Å²) in [4.78, 5) is 4.31. The maximum Gasteiger partial charge on any atom is 0.188 e. The second-order valence-electron chi connectivity index (χ2n) is 5.94. The van der Waals surface area contributed by atoms with Gasteiger partial charge in [0.05, 0.1) is 6.10 Å². The second-order valence-corrected chi connectivity index (χ2v) is 5.94. The summed E-state index contributed by atoms with van der Waals surface area (Å²) in [5.41, 5.74) is 7.08. The molecular formula is C17H30IN3O. The van der Waals surface area contributed by atoms with Gasteiger partial charge in [0.25, 0.3) is 0 Å². The molecule has 126 valence electrons. The van der Waals surface area contributed by atoms with Gasteiger partial charge >= 0.3 is 0 Å². The first-order valence-electron chi connectivity index (χ1n) is 7.76. The molecule has 0 radical (unpaired) electrons. The summed E-state index contributed by atoms with van der Waals surface area (Å²) in [6, 6.07) is 8.20. The predicted octanol–water partition coefficient (Wildman–Crippen LogP) is 3.58. The molecule has 4 nitrogen and oxygen atoms in total. The van der Waals surface area contributed by atoms with Crippen molar-refractivity contribution in [1.82, 2.24) is 5.32 Å². The summed E-state index contributed by atoms with van der Waals surface area (Å²) in [6.45, 7) is 10.0. The fourth-order valence-electron chi connectivity index (χ4n) is 1.84. The van der Waals surface area contributed by atoms with E-state index in [1.54, 1.807) is 0 Å². The topological polar surface area (TPSA) is 59.6 Å². The molecule has 0 aliphatic heterocycles. The van der Waals surface area contributed by atoms with Gasteiger partial charge < -0.3 is 15.8 Å². The van der Waals surface area contributed by atoms with Crippen molar-refractivity contribution >= 4 is 29.9 Å². The lowest BCUT2D eigenvalue weighted by Gasteiger charge is -2.10. The van der Waals surface area contributed by atoms with Crippen LogP contribution < -0.4 is 15.8 Å². The maximum absolute atomic E-state index is 5.82. The Hall–Kier alpha value is -0.980. The van der Waals surface area contributed by atoms with Gasteiger partial charge in [0.1, 0.15) is 5.75 Å². The first-order valence-corrected chi connectivity index (χ1v) is 7.76. The number of nitrogens with one attached hydrogen (secondary N) is 1. The lowest BCUT2D eigenvalue weighted by Crippen LogP contribution is -2.33. The lowest BCUT2D eigenvalue weighted by atomic mass is 10.1. The molecule has 22 heavy (non-hydrogen) atoms. The molecule has 0 aliphatic carbocycles. The standard InChI is InChI=1S/C17H29N3O.HI/c1-13(2)9-11-19-17(18)20-12-10-15-5-7-16(8-6-15)21-14(3)4;/h5-8,13-14H,9-12H2,1-4H3,(H3,18,19,20);1H. The van der Waals surface area contributed by atoms with Gasteiger partial charge in [0.15, 0.2) is 5.96 Å². The van der Waals surface area contributed by atoms with Gasteiger partial charge in [-0.2, -0.15) is 0 Å². The Labute approximate surface area is 151 Å². The van der Waals surface area contributed by atoms with E-state index >= 15 is 0 Å². The number of guanidine groups is 1. The van der Waals surface area contributed by atoms with Crippen molar-refractivity contribution in [1.29, 1.82) is 0 Å². The van der Waals surface area contributed by atoms with Gasteiger partial charge in [-0.1, -0.05) is 26.0 Å². The van der Waals surface area contributed by atoms with Crippen LogP contribution in [0.25, 0.3) is 0 Å². The van der Waals surface area contributed by atoms with Crippen LogP contribution in [0.1, 0.15) is 39.7 Å². The molecule has 1 rings (SSSR count). The molecule has 0 heterocycles. The molecule has 0 bridgehead atoms. The van der Waals surface area contributed by atoms with Gasteiger partial charge in [-0.3, -0.25) is 4.99 Å². The summed E-state index contributed by atoms with van der Waals surface area (Å²) in [7, 11) is 0. The summed E-state index contributed by atoms with van der Waals surface area (Å²) in [6.07, 6.45) is 2.20. The monoisotopic (exact) mass is 419 g/mol. The highest BCUT2D eigenvalue weighted by atomic mass is 127. The van der Waals surface area contributed by atoms with Crippen molar-refractivity contribution in [2.24, 2.45) is 16.6 Å². The molecule has 0 saturated heterocycles. The van der Waals surface area contributed by atoms with Crippen molar-refractivity contribution in [3.8, 4) is 5.75 Å². The third-order valence-electron chi connectivity index (χ3n) is 3.00. The van der Waals surface area contributed by atoms with Gasteiger partial charge in [0.2, 0.25) is 0 Å². The Balaban J connectivity index is 0.00000441. The Morgan fingerprint density at radius 3 is 2.36 bits per heavy atom. The number of benzene rings is 1. The molecule has 0 aliphatic rings. The maximum atomic E-state index is 5.82. The number of hydrogen-bond acceptors (Lipinski definition) is 2. The smallest absolute Gasteiger partial charge is 0.188 e. The molecule has 0 atom stereocenters. The molecule has 0 aromatic heterocycles. The molecule has 0 spiro atoms. The Bertz CT molecular complexity index is 430. The van der Waals surface area contributed by atoms with Crippen LogP contribution in [0.3, 0.4) is 0 Å². The average molecular weight is 419 g/mol. The molecule has 1 aromatic carbocycles. The number of aliphatic imine (C=N–C) groups is 1. The zero-order valence-corrected chi connectivity index (χ0v) is 16.5. The first kappa shape index (κ1) is 21.0. The Morgan fingerprint density at radius 2 is 1.82 bits per heavy atom. The third kappa shape index (κ3) is 9.87. The van der Waals surface area contributed by atoms with E-state index in [2.05, 4.69) is 36.3 Å². The minimum absolute atomic E-state index is 0. The van der Waals surface area contributed by atoms with E-state index in [4.69, 9.17) is 10.5 Å². The summed E-state index contributed by atoms with van der Waals surface area (Å²) in [5.74, 6) is 2.11. The molecular weight excluding hydrogens is 389 g/mol. The van der Waals surface area contributed by atoms with Crippen LogP contribution in [0.15, 0.2) is 29.3 Å². The van der Waals surface area contributed by atoms with E-state index < -0.39 is 0 Å². The van der Waals surface area contributed by atoms with Crippen molar-refractivity contribution in [2.75, 3.05) is 13.1 Å². The fraction of sp³-hybridized carbons (Fsp3) is 0.588. The molecule has 0 amide bonds. The zero-order chi connectivity index (χ0) is 15.7. The van der Waals surface area contributed by atoms with Crippen molar-refractivity contribution in [3.63, 3.8) is 0 Å². The minimum Gasteiger partial charge on any atom is -0.491 e. The van der Waals surface area contributed by atoms with Crippen LogP contribution in [0.5, 0.6) is 5.75 Å². The minimum atomic E-state index is 0. The zero-order valence-electron chi connectivity index (χ0n) is 14.1. The summed E-state index contributed by atoms with van der Waals surface area (Å²) in [5, 5.41) is 3.15. The van der Waals surface area contributed by atoms with Crippen molar-refractivity contribution < 1.29 is 4.74 Å². The predicted molar refractivity (Wildman–Crippen MR) is 105 cm³/mol. The summed E-state index contributed by atoms with van der Waals surface area (Å²) >= 11 is 0. The van der Waals surface area contributed by atoms with E-state index in [0.717, 1.165) is 31.7 Å². The second kappa shape index (κ2) is 11.6. The largest absolute Gasteiger partial charge is 0.491 e. The van der Waals surface area contributed by atoms with Gasteiger partial charge in [0, 0.05) is 13.1 Å². The number of halogens is 1. The quantitative estimate of drug-likeness (QED) is 0.385. The van der Waals surface area contributed by atoms with Gasteiger partial charge in [-0.25, -0.2) is 0 Å². The third-order valence-corrected chi connectivity index (χ3v) is 3.00. The lowest BCUT2D eigenvalue weighted by molar-refractivity contribution is 0.242. The van der Waals surface area contributed by atoms with Crippen LogP contribution in [0, 0.1) is 5.92 Å². The van der Waals surface area contributed by atoms with E-state index in [-0.39, 0.29) is 30.1 Å². The number of nitrogens with two attached hydrogens (primary N) is 1. The Morgan fingerprint density at radius 1 is 1.18 bits per heavy atom. The summed E-state index contributed by atoms with van der Waals surface area (Å²) < 4.78 is 5.62. The highest BCUT2D eigenvalue weighted by molar-refractivity contribution is 14.0. The van der Waals surface area contributed by atoms with Gasteiger partial charge in [-0.15, -0.1) is 24.0 Å². The molecule has 3 N–H and O–H groups in total.